The number of nitrogens with two attached hydrogens (primary N) is 1. The molecule has 2 N–H and O–H groups in total. The summed E-state index contributed by atoms with van der Waals surface area (Å²) in [7, 11) is 3.22. The normalized spacial score (nSPS) is 23.1. The number of alkyl halides is 3. The summed E-state index contributed by atoms with van der Waals surface area (Å²) >= 11 is 0. The quantitative estimate of drug-likeness (QED) is 0.229. The molecule has 1 aromatic rings. The maximum absolute atomic E-state index is 12.7. The molecule has 128 valence electrons. The van der Waals surface area contributed by atoms with E-state index in [2.05, 4.69) is 15.9 Å². The molecular formula is C13H16F3IN5O-. The Hall–Kier alpha value is -1.16. The molecule has 0 spiro atoms. The van der Waals surface area contributed by atoms with E-state index in [0.717, 1.165) is 12.3 Å². The van der Waals surface area contributed by atoms with Crippen LogP contribution in [0.1, 0.15) is 5.69 Å². The van der Waals surface area contributed by atoms with Crippen LogP contribution in [0.2, 0.25) is 0 Å². The van der Waals surface area contributed by atoms with Crippen LogP contribution in [0.15, 0.2) is 12.3 Å². The van der Waals surface area contributed by atoms with Gasteiger partial charge in [0.2, 0.25) is 5.95 Å². The summed E-state index contributed by atoms with van der Waals surface area (Å²) in [6.07, 6.45) is 1.97. The second-order valence-electron chi connectivity index (χ2n) is 5.24. The molecule has 10 heteroatoms. The molecule has 0 radical (unpaired) electrons. The number of nitrogens with zero attached hydrogens (tertiary/aromatic N) is 4. The number of rotatable bonds is 5. The summed E-state index contributed by atoms with van der Waals surface area (Å²) in [5, 5.41) is 12.3. The Labute approximate surface area is 149 Å². The second-order valence-corrected chi connectivity index (χ2v) is 5.24. The summed E-state index contributed by atoms with van der Waals surface area (Å²) in [4.78, 5) is 8.89. The Morgan fingerprint density at radius 2 is 2.09 bits per heavy atom. The van der Waals surface area contributed by atoms with Crippen molar-refractivity contribution in [1.82, 2.24) is 15.0 Å². The average Bonchev–Trinajstić information content (AvgIpc) is 3.18. The van der Waals surface area contributed by atoms with Gasteiger partial charge in [-0.25, -0.2) is 9.97 Å². The summed E-state index contributed by atoms with van der Waals surface area (Å²) in [5.41, 5.74) is -0.300. The molecule has 0 amide bonds. The van der Waals surface area contributed by atoms with Crippen molar-refractivity contribution in [2.45, 2.75) is 12.2 Å². The van der Waals surface area contributed by atoms with Crippen LogP contribution in [0.25, 0.3) is 0 Å². The van der Waals surface area contributed by atoms with Gasteiger partial charge in [0.25, 0.3) is 0 Å². The van der Waals surface area contributed by atoms with Crippen LogP contribution >= 0.6 is 0 Å². The van der Waals surface area contributed by atoms with Crippen LogP contribution in [0.3, 0.4) is 0 Å². The minimum atomic E-state index is -4.51. The van der Waals surface area contributed by atoms with Crippen molar-refractivity contribution < 1.29 is 42.7 Å². The van der Waals surface area contributed by atoms with Crippen LogP contribution in [0.4, 0.5) is 19.1 Å². The SMILES string of the molecule is C#C[C@H]1[C@@H](CN(C)c2nccc(C(F)(F)F)n2)[C@@H]1N(C)[NH2+][O-].[I-]. The number of halogens is 4. The van der Waals surface area contributed by atoms with Gasteiger partial charge < -0.3 is 39.7 Å². The third kappa shape index (κ3) is 4.43. The Balaban J connectivity index is 0.00000264. The van der Waals surface area contributed by atoms with Gasteiger partial charge in [-0.05, 0) is 6.07 Å². The van der Waals surface area contributed by atoms with Crippen molar-refractivity contribution in [2.24, 2.45) is 11.8 Å². The maximum Gasteiger partial charge on any atom is 0.433 e. The minimum Gasteiger partial charge on any atom is -1.00 e. The Bertz CT molecular complexity index is 579. The van der Waals surface area contributed by atoms with Crippen molar-refractivity contribution in [3.63, 3.8) is 0 Å². The van der Waals surface area contributed by atoms with Gasteiger partial charge in [-0.15, -0.1) is 12.3 Å². The van der Waals surface area contributed by atoms with Crippen molar-refractivity contribution in [3.05, 3.63) is 23.2 Å². The molecule has 0 aliphatic heterocycles. The molecule has 2 rings (SSSR count). The van der Waals surface area contributed by atoms with Crippen molar-refractivity contribution in [1.29, 1.82) is 0 Å². The fourth-order valence-corrected chi connectivity index (χ4v) is 2.51. The van der Waals surface area contributed by atoms with E-state index in [1.807, 2.05) is 0 Å². The van der Waals surface area contributed by atoms with Crippen molar-refractivity contribution >= 4 is 5.95 Å². The van der Waals surface area contributed by atoms with E-state index >= 15 is 0 Å². The zero-order valence-electron chi connectivity index (χ0n) is 12.5. The number of hydrogen-bond donors (Lipinski definition) is 1. The lowest BCUT2D eigenvalue weighted by Gasteiger charge is -2.19. The van der Waals surface area contributed by atoms with E-state index in [4.69, 9.17) is 6.42 Å². The highest BCUT2D eigenvalue weighted by atomic mass is 127. The van der Waals surface area contributed by atoms with E-state index in [1.165, 1.54) is 9.91 Å². The van der Waals surface area contributed by atoms with Crippen LogP contribution in [-0.4, -0.2) is 41.7 Å². The van der Waals surface area contributed by atoms with Gasteiger partial charge in [-0.3, -0.25) is 0 Å². The van der Waals surface area contributed by atoms with Crippen LogP contribution < -0.4 is 34.5 Å². The van der Waals surface area contributed by atoms with E-state index in [0.29, 0.717) is 12.1 Å². The van der Waals surface area contributed by atoms with Gasteiger partial charge in [-0.2, -0.15) is 18.2 Å². The van der Waals surface area contributed by atoms with E-state index in [1.54, 1.807) is 14.1 Å². The Morgan fingerprint density at radius 1 is 1.43 bits per heavy atom. The highest BCUT2D eigenvalue weighted by Crippen LogP contribution is 2.41. The number of terminal acetylenes is 1. The van der Waals surface area contributed by atoms with E-state index in [9.17, 15) is 18.4 Å². The molecule has 6 nitrogen and oxygen atoms in total. The highest BCUT2D eigenvalue weighted by Gasteiger charge is 2.53. The van der Waals surface area contributed by atoms with Gasteiger partial charge >= 0.3 is 6.18 Å². The lowest BCUT2D eigenvalue weighted by atomic mass is 10.3. The number of quaternary nitrogens is 1. The first-order valence-electron chi connectivity index (χ1n) is 6.54. The lowest BCUT2D eigenvalue weighted by molar-refractivity contribution is -0.750. The number of aromatic nitrogens is 2. The largest absolute Gasteiger partial charge is 1.00 e. The molecule has 0 aromatic carbocycles. The average molecular weight is 442 g/mol. The fourth-order valence-electron chi connectivity index (χ4n) is 2.51. The molecule has 1 aliphatic carbocycles. The molecule has 23 heavy (non-hydrogen) atoms. The summed E-state index contributed by atoms with van der Waals surface area (Å²) in [6, 6.07) is 0.720. The van der Waals surface area contributed by atoms with E-state index in [-0.39, 0.29) is 47.8 Å². The number of hydrogen-bond acceptors (Lipinski definition) is 5. The third-order valence-corrected chi connectivity index (χ3v) is 3.72. The van der Waals surface area contributed by atoms with Gasteiger partial charge in [-0.1, -0.05) is 0 Å². The smallest absolute Gasteiger partial charge is 0.433 e. The van der Waals surface area contributed by atoms with Gasteiger partial charge in [0.1, 0.15) is 5.69 Å². The minimum absolute atomic E-state index is 0. The molecule has 0 unspecified atom stereocenters. The molecule has 1 aromatic heterocycles. The zero-order chi connectivity index (χ0) is 16.5. The van der Waals surface area contributed by atoms with Crippen molar-refractivity contribution in [3.8, 4) is 12.3 Å². The molecule has 1 fully saturated rings. The van der Waals surface area contributed by atoms with Crippen LogP contribution in [0.5, 0.6) is 0 Å². The van der Waals surface area contributed by atoms with Crippen LogP contribution in [0, 0.1) is 29.4 Å². The number of anilines is 1. The van der Waals surface area contributed by atoms with Gasteiger partial charge in [0.05, 0.1) is 6.04 Å². The standard InChI is InChI=1S/C13H16F3N5O.HI/c1-4-8-9(11(8)21(3)19-22)7-20(2)12-17-6-5-10(18-12)13(14,15)16;/h1,5-6,8-9,11H,7,19H2,2-3H3;1H/p-1/t8-,9+,11+;/m0./s1. The highest BCUT2D eigenvalue weighted by molar-refractivity contribution is 5.32. The molecule has 0 saturated heterocycles. The first kappa shape index (κ1) is 19.9. The van der Waals surface area contributed by atoms with Crippen molar-refractivity contribution in [2.75, 3.05) is 25.5 Å². The fraction of sp³-hybridized carbons (Fsp3) is 0.538. The van der Waals surface area contributed by atoms with E-state index < -0.39 is 11.9 Å². The predicted molar refractivity (Wildman–Crippen MR) is 73.0 cm³/mol. The first-order valence-corrected chi connectivity index (χ1v) is 6.54. The monoisotopic (exact) mass is 442 g/mol. The molecule has 0 bridgehead atoms. The maximum atomic E-state index is 12.7. The molecule has 1 aliphatic rings. The second kappa shape index (κ2) is 7.61. The Morgan fingerprint density at radius 3 is 2.61 bits per heavy atom. The van der Waals surface area contributed by atoms with Crippen LogP contribution in [-0.2, 0) is 6.18 Å². The first-order chi connectivity index (χ1) is 10.3. The predicted octanol–water partition coefficient (Wildman–Crippen LogP) is -2.91. The summed E-state index contributed by atoms with van der Waals surface area (Å²) in [6.45, 7) is 0.374. The Kier molecular flexibility index (Phi) is 6.58. The lowest BCUT2D eigenvalue weighted by Crippen LogP contribution is -3.00. The summed E-state index contributed by atoms with van der Waals surface area (Å²) < 4.78 is 38.0. The topological polar surface area (TPSA) is 71.9 Å². The third-order valence-electron chi connectivity index (χ3n) is 3.72. The van der Waals surface area contributed by atoms with Gasteiger partial charge in [0, 0.05) is 38.7 Å². The molecule has 3 atom stereocenters. The zero-order valence-corrected chi connectivity index (χ0v) is 14.6. The molecule has 1 saturated carbocycles. The molecular weight excluding hydrogens is 426 g/mol. The summed E-state index contributed by atoms with van der Waals surface area (Å²) in [5.74, 6) is 2.46. The van der Waals surface area contributed by atoms with Gasteiger partial charge in [0.15, 0.2) is 0 Å². The molecule has 1 heterocycles.